The Hall–Kier alpha value is -1.86. The summed E-state index contributed by atoms with van der Waals surface area (Å²) in [6.45, 7) is 10.8. The van der Waals surface area contributed by atoms with Crippen LogP contribution in [0.4, 0.5) is 10.5 Å². The van der Waals surface area contributed by atoms with Gasteiger partial charge in [0.05, 0.1) is 4.90 Å². The predicted molar refractivity (Wildman–Crippen MR) is 92.9 cm³/mol. The number of benzene rings is 1. The highest BCUT2D eigenvalue weighted by atomic mass is 32.2. The number of amides is 2. The molecule has 0 aliphatic carbocycles. The Morgan fingerprint density at radius 2 is 2.00 bits per heavy atom. The zero-order chi connectivity index (χ0) is 17.7. The summed E-state index contributed by atoms with van der Waals surface area (Å²) in [5, 5.41) is 5.37. The minimum Gasteiger partial charge on any atom is -0.335 e. The molecule has 0 aromatic heterocycles. The van der Waals surface area contributed by atoms with E-state index in [0.29, 0.717) is 12.1 Å². The maximum absolute atomic E-state index is 12.3. The number of carbonyl (C=O) groups is 1. The molecule has 1 aromatic rings. The van der Waals surface area contributed by atoms with Gasteiger partial charge in [-0.05, 0) is 52.3 Å². The van der Waals surface area contributed by atoms with E-state index >= 15 is 0 Å². The highest BCUT2D eigenvalue weighted by molar-refractivity contribution is 7.89. The third-order valence-corrected chi connectivity index (χ3v) is 4.50. The van der Waals surface area contributed by atoms with E-state index in [4.69, 9.17) is 0 Å². The maximum atomic E-state index is 12.3. The van der Waals surface area contributed by atoms with Crippen molar-refractivity contribution in [2.45, 2.75) is 50.6 Å². The van der Waals surface area contributed by atoms with Crippen LogP contribution in [0.3, 0.4) is 0 Å². The number of carbonyl (C=O) groups excluding carboxylic acids is 1. The Kier molecular flexibility index (Phi) is 6.35. The molecule has 128 valence electrons. The lowest BCUT2D eigenvalue weighted by molar-refractivity contribution is 0.249. The second kappa shape index (κ2) is 7.61. The summed E-state index contributed by atoms with van der Waals surface area (Å²) >= 11 is 0. The van der Waals surface area contributed by atoms with Gasteiger partial charge in [-0.15, -0.1) is 6.58 Å². The summed E-state index contributed by atoms with van der Waals surface area (Å²) in [6, 6.07) is 5.68. The van der Waals surface area contributed by atoms with Gasteiger partial charge in [0.2, 0.25) is 10.0 Å². The van der Waals surface area contributed by atoms with Crippen molar-refractivity contribution in [2.24, 2.45) is 0 Å². The SMILES string of the molecule is C=CC[C@H](C)NC(=O)Nc1cccc(S(=O)(=O)NC(C)(C)C)c1. The van der Waals surface area contributed by atoms with E-state index < -0.39 is 21.6 Å². The van der Waals surface area contributed by atoms with E-state index in [1.165, 1.54) is 12.1 Å². The normalized spacial score (nSPS) is 13.2. The van der Waals surface area contributed by atoms with E-state index in [2.05, 4.69) is 21.9 Å². The number of sulfonamides is 1. The van der Waals surface area contributed by atoms with Crippen LogP contribution in [-0.4, -0.2) is 26.0 Å². The Morgan fingerprint density at radius 1 is 1.35 bits per heavy atom. The molecule has 1 aromatic carbocycles. The van der Waals surface area contributed by atoms with Crippen molar-refractivity contribution in [1.82, 2.24) is 10.0 Å². The quantitative estimate of drug-likeness (QED) is 0.696. The van der Waals surface area contributed by atoms with E-state index in [-0.39, 0.29) is 10.9 Å². The largest absolute Gasteiger partial charge is 0.335 e. The molecule has 0 saturated carbocycles. The summed E-state index contributed by atoms with van der Waals surface area (Å²) in [6.07, 6.45) is 2.37. The van der Waals surface area contributed by atoms with Crippen molar-refractivity contribution in [1.29, 1.82) is 0 Å². The molecule has 7 heteroatoms. The zero-order valence-corrected chi connectivity index (χ0v) is 14.8. The lowest BCUT2D eigenvalue weighted by Gasteiger charge is -2.20. The molecule has 23 heavy (non-hydrogen) atoms. The number of hydrogen-bond acceptors (Lipinski definition) is 3. The first kappa shape index (κ1) is 19.2. The number of anilines is 1. The molecule has 0 fully saturated rings. The molecular weight excluding hydrogens is 314 g/mol. The monoisotopic (exact) mass is 339 g/mol. The molecule has 0 unspecified atom stereocenters. The fourth-order valence-corrected chi connectivity index (χ4v) is 3.37. The molecule has 0 aliphatic rings. The van der Waals surface area contributed by atoms with Crippen LogP contribution in [0, 0.1) is 0 Å². The van der Waals surface area contributed by atoms with Crippen LogP contribution >= 0.6 is 0 Å². The van der Waals surface area contributed by atoms with Gasteiger partial charge in [0.1, 0.15) is 0 Å². The average molecular weight is 339 g/mol. The van der Waals surface area contributed by atoms with Gasteiger partial charge < -0.3 is 10.6 Å². The Labute approximate surface area is 138 Å². The molecule has 3 N–H and O–H groups in total. The van der Waals surface area contributed by atoms with Gasteiger partial charge in [-0.2, -0.15) is 0 Å². The Bertz CT molecular complexity index is 663. The molecule has 0 bridgehead atoms. The molecule has 0 radical (unpaired) electrons. The highest BCUT2D eigenvalue weighted by Crippen LogP contribution is 2.17. The fourth-order valence-electron chi connectivity index (χ4n) is 1.90. The molecular formula is C16H25N3O3S. The first-order valence-corrected chi connectivity index (χ1v) is 8.84. The molecule has 0 aliphatic heterocycles. The summed E-state index contributed by atoms with van der Waals surface area (Å²) in [5.41, 5.74) is -0.176. The minimum absolute atomic E-state index is 0.0537. The third kappa shape index (κ3) is 6.83. The minimum atomic E-state index is -3.64. The second-order valence-electron chi connectivity index (χ2n) is 6.41. The van der Waals surface area contributed by atoms with Gasteiger partial charge in [0.25, 0.3) is 0 Å². The van der Waals surface area contributed by atoms with Crippen LogP contribution in [0.5, 0.6) is 0 Å². The Balaban J connectivity index is 2.85. The van der Waals surface area contributed by atoms with Crippen LogP contribution < -0.4 is 15.4 Å². The van der Waals surface area contributed by atoms with Crippen LogP contribution in [0.1, 0.15) is 34.1 Å². The van der Waals surface area contributed by atoms with E-state index in [0.717, 1.165) is 0 Å². The molecule has 2 amide bonds. The van der Waals surface area contributed by atoms with Gasteiger partial charge >= 0.3 is 6.03 Å². The molecule has 1 rings (SSSR count). The topological polar surface area (TPSA) is 87.3 Å². The van der Waals surface area contributed by atoms with Gasteiger partial charge in [0, 0.05) is 17.3 Å². The van der Waals surface area contributed by atoms with Crippen molar-refractivity contribution >= 4 is 21.7 Å². The van der Waals surface area contributed by atoms with E-state index in [1.807, 2.05) is 6.92 Å². The summed E-state index contributed by atoms with van der Waals surface area (Å²) in [5.74, 6) is 0. The lowest BCUT2D eigenvalue weighted by Crippen LogP contribution is -2.40. The highest BCUT2D eigenvalue weighted by Gasteiger charge is 2.22. The van der Waals surface area contributed by atoms with Gasteiger partial charge in [-0.3, -0.25) is 0 Å². The maximum Gasteiger partial charge on any atom is 0.319 e. The smallest absolute Gasteiger partial charge is 0.319 e. The van der Waals surface area contributed by atoms with Crippen LogP contribution in [0.15, 0.2) is 41.8 Å². The average Bonchev–Trinajstić information content (AvgIpc) is 2.36. The molecule has 1 atom stereocenters. The zero-order valence-electron chi connectivity index (χ0n) is 14.0. The number of hydrogen-bond donors (Lipinski definition) is 3. The number of nitrogens with one attached hydrogen (secondary N) is 3. The molecule has 0 saturated heterocycles. The third-order valence-electron chi connectivity index (χ3n) is 2.74. The van der Waals surface area contributed by atoms with E-state index in [9.17, 15) is 13.2 Å². The lowest BCUT2D eigenvalue weighted by atomic mass is 10.1. The molecule has 0 spiro atoms. The van der Waals surface area contributed by atoms with E-state index in [1.54, 1.807) is 39.0 Å². The van der Waals surface area contributed by atoms with Crippen LogP contribution in [0.25, 0.3) is 0 Å². The summed E-state index contributed by atoms with van der Waals surface area (Å²) < 4.78 is 27.2. The van der Waals surface area contributed by atoms with Crippen LogP contribution in [0.2, 0.25) is 0 Å². The van der Waals surface area contributed by atoms with Crippen molar-refractivity contribution in [3.8, 4) is 0 Å². The Morgan fingerprint density at radius 3 is 2.57 bits per heavy atom. The second-order valence-corrected chi connectivity index (χ2v) is 8.09. The molecule has 6 nitrogen and oxygen atoms in total. The van der Waals surface area contributed by atoms with Gasteiger partial charge in [0.15, 0.2) is 0 Å². The number of rotatable bonds is 6. The molecule has 0 heterocycles. The predicted octanol–water partition coefficient (Wildman–Crippen LogP) is 2.85. The summed E-state index contributed by atoms with van der Waals surface area (Å²) in [4.78, 5) is 12.0. The number of urea groups is 1. The van der Waals surface area contributed by atoms with Crippen molar-refractivity contribution in [2.75, 3.05) is 5.32 Å². The van der Waals surface area contributed by atoms with Crippen molar-refractivity contribution in [3.63, 3.8) is 0 Å². The van der Waals surface area contributed by atoms with Gasteiger partial charge in [-0.1, -0.05) is 12.1 Å². The van der Waals surface area contributed by atoms with Crippen molar-refractivity contribution < 1.29 is 13.2 Å². The fraction of sp³-hybridized carbons (Fsp3) is 0.438. The van der Waals surface area contributed by atoms with Crippen LogP contribution in [-0.2, 0) is 10.0 Å². The standard InChI is InChI=1S/C16H25N3O3S/c1-6-8-12(2)17-15(20)18-13-9-7-10-14(11-13)23(21,22)19-16(3,4)5/h6-7,9-12,19H,1,8H2,2-5H3,(H2,17,18,20)/t12-/m0/s1. The van der Waals surface area contributed by atoms with Gasteiger partial charge in [-0.25, -0.2) is 17.9 Å². The van der Waals surface area contributed by atoms with Crippen molar-refractivity contribution in [3.05, 3.63) is 36.9 Å². The summed E-state index contributed by atoms with van der Waals surface area (Å²) in [7, 11) is -3.64. The first-order chi connectivity index (χ1) is 10.5. The first-order valence-electron chi connectivity index (χ1n) is 7.36.